The number of halogens is 1. The molecule has 0 bridgehead atoms. The van der Waals surface area contributed by atoms with Gasteiger partial charge in [-0.05, 0) is 43.2 Å². The van der Waals surface area contributed by atoms with Gasteiger partial charge in [-0.3, -0.25) is 4.79 Å². The molecule has 0 saturated heterocycles. The molecule has 0 spiro atoms. The average Bonchev–Trinajstić information content (AvgIpc) is 2.38. The lowest BCUT2D eigenvalue weighted by Gasteiger charge is -2.29. The molecule has 3 nitrogen and oxygen atoms in total. The maximum absolute atomic E-state index is 13.5. The lowest BCUT2D eigenvalue weighted by Crippen LogP contribution is -2.49. The summed E-state index contributed by atoms with van der Waals surface area (Å²) in [5.74, 6) is -0.822. The van der Waals surface area contributed by atoms with Gasteiger partial charge in [0, 0.05) is 12.1 Å². The summed E-state index contributed by atoms with van der Waals surface area (Å²) in [4.78, 5) is 11.9. The van der Waals surface area contributed by atoms with Crippen molar-refractivity contribution >= 4 is 11.6 Å². The number of nitrogens with two attached hydrogens (primary N) is 1. The van der Waals surface area contributed by atoms with Gasteiger partial charge in [-0.25, -0.2) is 4.39 Å². The van der Waals surface area contributed by atoms with E-state index in [1.807, 2.05) is 30.3 Å². The number of carbonyl (C=O) groups excluding carboxylic acids is 1. The van der Waals surface area contributed by atoms with Crippen LogP contribution in [0.4, 0.5) is 10.1 Å². The van der Waals surface area contributed by atoms with Crippen molar-refractivity contribution in [3.8, 4) is 0 Å². The van der Waals surface area contributed by atoms with E-state index in [0.717, 1.165) is 11.1 Å². The highest BCUT2D eigenvalue weighted by Crippen LogP contribution is 2.22. The monoisotopic (exact) mass is 286 g/mol. The van der Waals surface area contributed by atoms with Crippen LogP contribution in [0.25, 0.3) is 0 Å². The molecule has 0 radical (unpaired) electrons. The molecule has 3 N–H and O–H groups in total. The third kappa shape index (κ3) is 3.81. The van der Waals surface area contributed by atoms with Crippen LogP contribution in [0.3, 0.4) is 0 Å². The van der Waals surface area contributed by atoms with Crippen LogP contribution in [0.5, 0.6) is 0 Å². The summed E-state index contributed by atoms with van der Waals surface area (Å²) in [6.45, 7) is 3.52. The first-order valence-electron chi connectivity index (χ1n) is 6.78. The molecule has 1 amide bonds. The minimum Gasteiger partial charge on any atom is -0.371 e. The van der Waals surface area contributed by atoms with Gasteiger partial charge in [0.15, 0.2) is 0 Å². The van der Waals surface area contributed by atoms with Crippen molar-refractivity contribution in [2.75, 3.05) is 5.32 Å². The Morgan fingerprint density at radius 3 is 2.48 bits per heavy atom. The Labute approximate surface area is 124 Å². The molecule has 4 heteroatoms. The summed E-state index contributed by atoms with van der Waals surface area (Å²) in [6.07, 6.45) is 0.429. The van der Waals surface area contributed by atoms with E-state index in [1.54, 1.807) is 19.9 Å². The van der Waals surface area contributed by atoms with Crippen molar-refractivity contribution in [2.24, 2.45) is 5.73 Å². The van der Waals surface area contributed by atoms with Crippen molar-refractivity contribution in [1.29, 1.82) is 0 Å². The Balaban J connectivity index is 2.27. The van der Waals surface area contributed by atoms with E-state index in [1.165, 1.54) is 12.1 Å². The molecule has 0 aliphatic carbocycles. The number of carbonyl (C=O) groups is 1. The van der Waals surface area contributed by atoms with Gasteiger partial charge in [0.2, 0.25) is 5.91 Å². The van der Waals surface area contributed by atoms with Crippen LogP contribution in [0, 0.1) is 12.7 Å². The smallest absolute Gasteiger partial charge is 0.243 e. The highest BCUT2D eigenvalue weighted by atomic mass is 19.1. The van der Waals surface area contributed by atoms with Gasteiger partial charge in [0.1, 0.15) is 11.4 Å². The maximum Gasteiger partial charge on any atom is 0.243 e. The average molecular weight is 286 g/mol. The normalized spacial score (nSPS) is 13.5. The minimum absolute atomic E-state index is 0.343. The number of aryl methyl sites for hydroxylation is 1. The number of hydrogen-bond acceptors (Lipinski definition) is 2. The highest BCUT2D eigenvalue weighted by molar-refractivity contribution is 5.88. The topological polar surface area (TPSA) is 55.1 Å². The quantitative estimate of drug-likeness (QED) is 0.887. The Hall–Kier alpha value is -2.36. The number of benzene rings is 2. The zero-order valence-electron chi connectivity index (χ0n) is 12.2. The standard InChI is InChI=1S/C17H19FN2O/c1-12-8-14(18)10-15(9-12)20-17(2,16(19)21)11-13-6-4-3-5-7-13/h3-10,20H,11H2,1-2H3,(H2,19,21). The molecule has 0 aliphatic rings. The molecular weight excluding hydrogens is 267 g/mol. The van der Waals surface area contributed by atoms with Crippen LogP contribution >= 0.6 is 0 Å². The van der Waals surface area contributed by atoms with Crippen molar-refractivity contribution in [3.63, 3.8) is 0 Å². The first-order valence-corrected chi connectivity index (χ1v) is 6.78. The Morgan fingerprint density at radius 1 is 1.24 bits per heavy atom. The predicted molar refractivity (Wildman–Crippen MR) is 82.5 cm³/mol. The Bertz CT molecular complexity index is 622. The first kappa shape index (κ1) is 15.0. The van der Waals surface area contributed by atoms with Crippen molar-refractivity contribution in [3.05, 3.63) is 65.5 Å². The molecule has 2 aromatic carbocycles. The van der Waals surface area contributed by atoms with Gasteiger partial charge in [0.25, 0.3) is 0 Å². The van der Waals surface area contributed by atoms with E-state index in [4.69, 9.17) is 5.73 Å². The number of nitrogens with one attached hydrogen (secondary N) is 1. The SMILES string of the molecule is Cc1cc(F)cc(NC(C)(Cc2ccccc2)C(N)=O)c1. The fourth-order valence-corrected chi connectivity index (χ4v) is 2.32. The van der Waals surface area contributed by atoms with Gasteiger partial charge in [-0.2, -0.15) is 0 Å². The molecule has 21 heavy (non-hydrogen) atoms. The third-order valence-corrected chi connectivity index (χ3v) is 3.41. The van der Waals surface area contributed by atoms with E-state index in [-0.39, 0.29) is 5.82 Å². The molecule has 0 saturated carbocycles. The fourth-order valence-electron chi connectivity index (χ4n) is 2.32. The number of hydrogen-bond donors (Lipinski definition) is 2. The van der Waals surface area contributed by atoms with Gasteiger partial charge in [0.05, 0.1) is 0 Å². The zero-order valence-corrected chi connectivity index (χ0v) is 12.2. The zero-order chi connectivity index (χ0) is 15.5. The summed E-state index contributed by atoms with van der Waals surface area (Å²) in [5, 5.41) is 3.07. The van der Waals surface area contributed by atoms with Gasteiger partial charge >= 0.3 is 0 Å². The van der Waals surface area contributed by atoms with Crippen molar-refractivity contribution in [1.82, 2.24) is 0 Å². The van der Waals surface area contributed by atoms with E-state index >= 15 is 0 Å². The van der Waals surface area contributed by atoms with Gasteiger partial charge < -0.3 is 11.1 Å². The summed E-state index contributed by atoms with van der Waals surface area (Å²) in [6, 6.07) is 14.2. The van der Waals surface area contributed by atoms with E-state index in [9.17, 15) is 9.18 Å². The molecule has 1 atom stereocenters. The Kier molecular flexibility index (Phi) is 4.26. The summed E-state index contributed by atoms with van der Waals surface area (Å²) >= 11 is 0. The summed E-state index contributed by atoms with van der Waals surface area (Å²) < 4.78 is 13.5. The van der Waals surface area contributed by atoms with Gasteiger partial charge in [-0.1, -0.05) is 30.3 Å². The van der Waals surface area contributed by atoms with Crippen LogP contribution in [0.15, 0.2) is 48.5 Å². The number of anilines is 1. The Morgan fingerprint density at radius 2 is 1.90 bits per heavy atom. The second-order valence-corrected chi connectivity index (χ2v) is 5.50. The molecule has 110 valence electrons. The van der Waals surface area contributed by atoms with Crippen molar-refractivity contribution < 1.29 is 9.18 Å². The number of amides is 1. The second kappa shape index (κ2) is 5.95. The fraction of sp³-hybridized carbons (Fsp3) is 0.235. The van der Waals surface area contributed by atoms with E-state index < -0.39 is 11.4 Å². The van der Waals surface area contributed by atoms with E-state index in [2.05, 4.69) is 5.32 Å². The third-order valence-electron chi connectivity index (χ3n) is 3.41. The van der Waals surface area contributed by atoms with Crippen LogP contribution in [-0.2, 0) is 11.2 Å². The molecular formula is C17H19FN2O. The number of rotatable bonds is 5. The van der Waals surface area contributed by atoms with Crippen LogP contribution in [0.2, 0.25) is 0 Å². The highest BCUT2D eigenvalue weighted by Gasteiger charge is 2.31. The summed E-state index contributed by atoms with van der Waals surface area (Å²) in [7, 11) is 0. The second-order valence-electron chi connectivity index (χ2n) is 5.50. The molecule has 0 aliphatic heterocycles. The molecule has 0 aromatic heterocycles. The minimum atomic E-state index is -0.985. The maximum atomic E-state index is 13.5. The lowest BCUT2D eigenvalue weighted by molar-refractivity contribution is -0.121. The molecule has 2 rings (SSSR count). The summed E-state index contributed by atoms with van der Waals surface area (Å²) in [5.41, 5.74) is 6.88. The molecule has 0 fully saturated rings. The van der Waals surface area contributed by atoms with Gasteiger partial charge in [-0.15, -0.1) is 0 Å². The number of primary amides is 1. The van der Waals surface area contributed by atoms with Crippen molar-refractivity contribution in [2.45, 2.75) is 25.8 Å². The predicted octanol–water partition coefficient (Wildman–Crippen LogP) is 3.03. The molecule has 0 heterocycles. The lowest BCUT2D eigenvalue weighted by atomic mass is 9.91. The largest absolute Gasteiger partial charge is 0.371 e. The van der Waals surface area contributed by atoms with E-state index in [0.29, 0.717) is 12.1 Å². The van der Waals surface area contributed by atoms with Crippen LogP contribution < -0.4 is 11.1 Å². The van der Waals surface area contributed by atoms with Crippen LogP contribution in [0.1, 0.15) is 18.1 Å². The first-order chi connectivity index (χ1) is 9.89. The molecule has 1 unspecified atom stereocenters. The van der Waals surface area contributed by atoms with Crippen LogP contribution in [-0.4, -0.2) is 11.4 Å². The molecule has 2 aromatic rings.